The lowest BCUT2D eigenvalue weighted by molar-refractivity contribution is 0.163. The summed E-state index contributed by atoms with van der Waals surface area (Å²) in [6.45, 7) is 5.02. The van der Waals surface area contributed by atoms with Crippen LogP contribution in [-0.4, -0.2) is 37.4 Å². The van der Waals surface area contributed by atoms with Crippen LogP contribution in [0.3, 0.4) is 0 Å². The molecule has 0 aromatic heterocycles. The lowest BCUT2D eigenvalue weighted by atomic mass is 10.1. The zero-order chi connectivity index (χ0) is 14.4. The molecule has 1 heterocycles. The molecule has 20 heavy (non-hydrogen) atoms. The first kappa shape index (κ1) is 14.2. The molecule has 6 heteroatoms. The average molecular weight is 278 g/mol. The maximum absolute atomic E-state index is 11.3. The molecule has 0 saturated heterocycles. The van der Waals surface area contributed by atoms with Gasteiger partial charge in [0.05, 0.1) is 6.10 Å². The van der Waals surface area contributed by atoms with Gasteiger partial charge in [0, 0.05) is 13.1 Å². The highest BCUT2D eigenvalue weighted by molar-refractivity contribution is 5.74. The van der Waals surface area contributed by atoms with Gasteiger partial charge in [-0.1, -0.05) is 12.1 Å². The van der Waals surface area contributed by atoms with Crippen molar-refractivity contribution in [2.45, 2.75) is 6.10 Å². The van der Waals surface area contributed by atoms with E-state index >= 15 is 0 Å². The standard InChI is InChI=1S/C14H18N2O4/c1-2-5-15-14(18)16-9-11(17)10-3-4-12-13(8-10)20-7-6-19-12/h2-4,8,11,17H,1,5-7,9H2,(H2,15,16,18). The highest BCUT2D eigenvalue weighted by Gasteiger charge is 2.15. The molecule has 1 aliphatic heterocycles. The van der Waals surface area contributed by atoms with Crippen molar-refractivity contribution in [3.05, 3.63) is 36.4 Å². The molecule has 6 nitrogen and oxygen atoms in total. The molecule has 1 aliphatic rings. The largest absolute Gasteiger partial charge is 0.486 e. The summed E-state index contributed by atoms with van der Waals surface area (Å²) in [6, 6.07) is 4.89. The number of hydrogen-bond donors (Lipinski definition) is 3. The third kappa shape index (κ3) is 3.64. The molecule has 1 unspecified atom stereocenters. The fraction of sp³-hybridized carbons (Fsp3) is 0.357. The van der Waals surface area contributed by atoms with Crippen LogP contribution in [0.15, 0.2) is 30.9 Å². The van der Waals surface area contributed by atoms with E-state index in [1.165, 1.54) is 0 Å². The summed E-state index contributed by atoms with van der Waals surface area (Å²) in [6.07, 6.45) is 0.775. The lowest BCUT2D eigenvalue weighted by Crippen LogP contribution is -2.37. The van der Waals surface area contributed by atoms with E-state index in [2.05, 4.69) is 17.2 Å². The zero-order valence-electron chi connectivity index (χ0n) is 11.1. The summed E-state index contributed by atoms with van der Waals surface area (Å²) in [5.41, 5.74) is 0.665. The topological polar surface area (TPSA) is 79.8 Å². The van der Waals surface area contributed by atoms with Crippen molar-refractivity contribution in [1.82, 2.24) is 10.6 Å². The summed E-state index contributed by atoms with van der Waals surface area (Å²) in [5.74, 6) is 1.28. The Kier molecular flexibility index (Phi) is 4.84. The van der Waals surface area contributed by atoms with Gasteiger partial charge >= 0.3 is 6.03 Å². The molecule has 0 bridgehead atoms. The number of amides is 2. The average Bonchev–Trinajstić information content (AvgIpc) is 2.50. The zero-order valence-corrected chi connectivity index (χ0v) is 11.1. The van der Waals surface area contributed by atoms with E-state index in [9.17, 15) is 9.90 Å². The Morgan fingerprint density at radius 2 is 2.10 bits per heavy atom. The Morgan fingerprint density at radius 1 is 1.35 bits per heavy atom. The smallest absolute Gasteiger partial charge is 0.315 e. The number of benzene rings is 1. The summed E-state index contributed by atoms with van der Waals surface area (Å²) >= 11 is 0. The molecule has 0 spiro atoms. The second-order valence-corrected chi connectivity index (χ2v) is 4.30. The van der Waals surface area contributed by atoms with Crippen molar-refractivity contribution < 1.29 is 19.4 Å². The van der Waals surface area contributed by atoms with Crippen LogP contribution in [0, 0.1) is 0 Å². The number of nitrogens with one attached hydrogen (secondary N) is 2. The number of carbonyl (C=O) groups excluding carboxylic acids is 1. The minimum atomic E-state index is -0.805. The van der Waals surface area contributed by atoms with Crippen LogP contribution < -0.4 is 20.1 Å². The Labute approximate surface area is 117 Å². The minimum absolute atomic E-state index is 0.114. The quantitative estimate of drug-likeness (QED) is 0.701. The van der Waals surface area contributed by atoms with Gasteiger partial charge in [0.2, 0.25) is 0 Å². The Hall–Kier alpha value is -2.21. The van der Waals surface area contributed by atoms with E-state index in [0.717, 1.165) is 0 Å². The highest BCUT2D eigenvalue weighted by atomic mass is 16.6. The maximum atomic E-state index is 11.3. The van der Waals surface area contributed by atoms with Crippen molar-refractivity contribution in [2.75, 3.05) is 26.3 Å². The van der Waals surface area contributed by atoms with Gasteiger partial charge in [-0.2, -0.15) is 0 Å². The lowest BCUT2D eigenvalue weighted by Gasteiger charge is -2.20. The summed E-state index contributed by atoms with van der Waals surface area (Å²) < 4.78 is 10.9. The number of ether oxygens (including phenoxy) is 2. The van der Waals surface area contributed by atoms with E-state index in [4.69, 9.17) is 9.47 Å². The molecule has 1 aromatic carbocycles. The van der Waals surface area contributed by atoms with E-state index in [0.29, 0.717) is 36.8 Å². The second-order valence-electron chi connectivity index (χ2n) is 4.30. The van der Waals surface area contributed by atoms with Crippen LogP contribution in [0.1, 0.15) is 11.7 Å². The number of rotatable bonds is 5. The molecule has 3 N–H and O–H groups in total. The van der Waals surface area contributed by atoms with Gasteiger partial charge in [-0.3, -0.25) is 0 Å². The predicted octanol–water partition coefficient (Wildman–Crippen LogP) is 0.976. The van der Waals surface area contributed by atoms with Crippen LogP contribution in [0.2, 0.25) is 0 Å². The molecular weight excluding hydrogens is 260 g/mol. The van der Waals surface area contributed by atoms with E-state index in [1.54, 1.807) is 24.3 Å². The molecule has 0 fully saturated rings. The fourth-order valence-electron chi connectivity index (χ4n) is 1.80. The van der Waals surface area contributed by atoms with Gasteiger partial charge in [0.15, 0.2) is 11.5 Å². The molecule has 2 amide bonds. The van der Waals surface area contributed by atoms with Crippen molar-refractivity contribution in [2.24, 2.45) is 0 Å². The SMILES string of the molecule is C=CCNC(=O)NCC(O)c1ccc2c(c1)OCCO2. The first-order valence-electron chi connectivity index (χ1n) is 6.41. The highest BCUT2D eigenvalue weighted by Crippen LogP contribution is 2.32. The van der Waals surface area contributed by atoms with Crippen LogP contribution >= 0.6 is 0 Å². The third-order valence-electron chi connectivity index (χ3n) is 2.81. The van der Waals surface area contributed by atoms with Gasteiger partial charge in [-0.25, -0.2) is 4.79 Å². The van der Waals surface area contributed by atoms with Gasteiger partial charge in [0.25, 0.3) is 0 Å². The first-order valence-corrected chi connectivity index (χ1v) is 6.41. The number of aliphatic hydroxyl groups excluding tert-OH is 1. The molecule has 108 valence electrons. The maximum Gasteiger partial charge on any atom is 0.315 e. The molecule has 0 aliphatic carbocycles. The number of aliphatic hydroxyl groups is 1. The van der Waals surface area contributed by atoms with Gasteiger partial charge in [0.1, 0.15) is 13.2 Å². The van der Waals surface area contributed by atoms with Gasteiger partial charge < -0.3 is 25.2 Å². The van der Waals surface area contributed by atoms with Crippen molar-refractivity contribution in [3.63, 3.8) is 0 Å². The van der Waals surface area contributed by atoms with Crippen LogP contribution in [-0.2, 0) is 0 Å². The summed E-state index contributed by atoms with van der Waals surface area (Å²) in [5, 5.41) is 15.2. The molecule has 2 rings (SSSR count). The first-order chi connectivity index (χ1) is 9.70. The van der Waals surface area contributed by atoms with E-state index in [1.807, 2.05) is 0 Å². The number of fused-ring (bicyclic) bond motifs is 1. The predicted molar refractivity (Wildman–Crippen MR) is 74.0 cm³/mol. The molecular formula is C14H18N2O4. The Bertz CT molecular complexity index is 490. The van der Waals surface area contributed by atoms with Crippen LogP contribution in [0.5, 0.6) is 11.5 Å². The third-order valence-corrected chi connectivity index (χ3v) is 2.81. The molecule has 1 atom stereocenters. The minimum Gasteiger partial charge on any atom is -0.486 e. The van der Waals surface area contributed by atoms with Crippen molar-refractivity contribution in [1.29, 1.82) is 0 Å². The second kappa shape index (κ2) is 6.81. The van der Waals surface area contributed by atoms with Crippen LogP contribution in [0.4, 0.5) is 4.79 Å². The summed E-state index contributed by atoms with van der Waals surface area (Å²) in [7, 11) is 0. The van der Waals surface area contributed by atoms with Gasteiger partial charge in [-0.05, 0) is 17.7 Å². The fourth-order valence-corrected chi connectivity index (χ4v) is 1.80. The van der Waals surface area contributed by atoms with E-state index in [-0.39, 0.29) is 12.6 Å². The monoisotopic (exact) mass is 278 g/mol. The van der Waals surface area contributed by atoms with Crippen molar-refractivity contribution in [3.8, 4) is 11.5 Å². The Balaban J connectivity index is 1.90. The molecule has 0 saturated carbocycles. The van der Waals surface area contributed by atoms with Gasteiger partial charge in [-0.15, -0.1) is 6.58 Å². The number of urea groups is 1. The van der Waals surface area contributed by atoms with Crippen LogP contribution in [0.25, 0.3) is 0 Å². The van der Waals surface area contributed by atoms with Crippen molar-refractivity contribution >= 4 is 6.03 Å². The number of carbonyl (C=O) groups is 1. The molecule has 1 aromatic rings. The Morgan fingerprint density at radius 3 is 2.85 bits per heavy atom. The number of hydrogen-bond acceptors (Lipinski definition) is 4. The van der Waals surface area contributed by atoms with E-state index < -0.39 is 6.10 Å². The normalized spacial score (nSPS) is 14.2. The molecule has 0 radical (unpaired) electrons. The summed E-state index contributed by atoms with van der Waals surface area (Å²) in [4.78, 5) is 11.3.